The number of hydrogen-bond acceptors (Lipinski definition) is 4. The van der Waals surface area contributed by atoms with Crippen molar-refractivity contribution in [1.29, 1.82) is 0 Å². The number of anilines is 1. The van der Waals surface area contributed by atoms with Crippen molar-refractivity contribution in [2.75, 3.05) is 5.32 Å². The van der Waals surface area contributed by atoms with E-state index in [1.54, 1.807) is 6.07 Å². The lowest BCUT2D eigenvalue weighted by molar-refractivity contribution is -0.148. The van der Waals surface area contributed by atoms with Gasteiger partial charge in [-0.3, -0.25) is 4.79 Å². The van der Waals surface area contributed by atoms with E-state index in [4.69, 9.17) is 27.9 Å². The summed E-state index contributed by atoms with van der Waals surface area (Å²) in [4.78, 5) is 27.6. The number of carbonyl (C=O) groups is 2. The Morgan fingerprint density at radius 2 is 2.04 bits per heavy atom. The molecule has 1 amide bonds. The highest BCUT2D eigenvalue weighted by atomic mass is 35.5. The highest BCUT2D eigenvalue weighted by Crippen LogP contribution is 2.22. The normalized spacial score (nSPS) is 12.0. The molecular weight excluding hydrogens is 370 g/mol. The summed E-state index contributed by atoms with van der Waals surface area (Å²) in [5.41, 5.74) is 0.230. The van der Waals surface area contributed by atoms with Crippen molar-refractivity contribution < 1.29 is 18.7 Å². The van der Waals surface area contributed by atoms with E-state index in [2.05, 4.69) is 10.3 Å². The fourth-order valence-electron chi connectivity index (χ4n) is 1.76. The van der Waals surface area contributed by atoms with Crippen LogP contribution in [-0.2, 0) is 14.3 Å². The molecule has 8 heteroatoms. The van der Waals surface area contributed by atoms with E-state index >= 15 is 0 Å². The van der Waals surface area contributed by atoms with E-state index in [9.17, 15) is 14.0 Å². The molecule has 2 rings (SSSR count). The fourth-order valence-corrected chi connectivity index (χ4v) is 2.19. The fraction of sp³-hybridized carbons (Fsp3) is 0.118. The van der Waals surface area contributed by atoms with Crippen molar-refractivity contribution in [3.05, 3.63) is 64.0 Å². The van der Waals surface area contributed by atoms with Gasteiger partial charge in [-0.05, 0) is 25.1 Å². The lowest BCUT2D eigenvalue weighted by Gasteiger charge is -2.12. The first-order chi connectivity index (χ1) is 11.9. The molecule has 0 unspecified atom stereocenters. The molecule has 25 heavy (non-hydrogen) atoms. The van der Waals surface area contributed by atoms with Crippen LogP contribution in [0.15, 0.2) is 42.6 Å². The van der Waals surface area contributed by atoms with E-state index in [0.717, 1.165) is 6.08 Å². The Labute approximate surface area is 153 Å². The van der Waals surface area contributed by atoms with Crippen molar-refractivity contribution in [1.82, 2.24) is 4.98 Å². The van der Waals surface area contributed by atoms with Crippen molar-refractivity contribution in [2.24, 2.45) is 0 Å². The Hall–Kier alpha value is -2.44. The number of nitrogens with zero attached hydrogens (tertiary/aromatic N) is 1. The third-order valence-electron chi connectivity index (χ3n) is 3.02. The molecule has 0 aliphatic heterocycles. The second kappa shape index (κ2) is 8.60. The van der Waals surface area contributed by atoms with Crippen LogP contribution in [0.1, 0.15) is 12.5 Å². The van der Waals surface area contributed by atoms with Gasteiger partial charge in [0.05, 0.1) is 10.0 Å². The quantitative estimate of drug-likeness (QED) is 0.623. The summed E-state index contributed by atoms with van der Waals surface area (Å²) in [7, 11) is 0. The third-order valence-corrected chi connectivity index (χ3v) is 3.51. The number of benzene rings is 1. The van der Waals surface area contributed by atoms with Crippen LogP contribution < -0.4 is 5.32 Å². The lowest BCUT2D eigenvalue weighted by atomic mass is 10.2. The Morgan fingerprint density at radius 3 is 2.72 bits per heavy atom. The molecule has 0 spiro atoms. The molecule has 1 aromatic heterocycles. The molecule has 1 N–H and O–H groups in total. The number of hydrogen-bond donors (Lipinski definition) is 1. The van der Waals surface area contributed by atoms with Gasteiger partial charge < -0.3 is 10.1 Å². The summed E-state index contributed by atoms with van der Waals surface area (Å²) in [6, 6.07) is 7.35. The van der Waals surface area contributed by atoms with Crippen LogP contribution in [0, 0.1) is 5.82 Å². The molecule has 1 atom stereocenters. The maximum Gasteiger partial charge on any atom is 0.331 e. The average molecular weight is 383 g/mol. The number of rotatable bonds is 5. The maximum atomic E-state index is 13.4. The zero-order chi connectivity index (χ0) is 18.4. The molecule has 0 radical (unpaired) electrons. The maximum absolute atomic E-state index is 13.4. The molecule has 5 nitrogen and oxygen atoms in total. The summed E-state index contributed by atoms with van der Waals surface area (Å²) in [6.45, 7) is 1.38. The summed E-state index contributed by atoms with van der Waals surface area (Å²) in [5.74, 6) is -1.79. The standard InChI is InChI=1S/C17H13Cl2FN2O3/c1-10(17(24)22-16-13(19)8-12(18)9-21-16)25-15(23)7-6-11-4-2-3-5-14(11)20/h2-10H,1H3,(H,21,22,24)/b7-6+/t10-/m1/s1. The predicted molar refractivity (Wildman–Crippen MR) is 93.9 cm³/mol. The zero-order valence-electron chi connectivity index (χ0n) is 13.0. The molecule has 0 saturated heterocycles. The first-order valence-corrected chi connectivity index (χ1v) is 7.87. The Balaban J connectivity index is 1.94. The smallest absolute Gasteiger partial charge is 0.331 e. The Kier molecular flexibility index (Phi) is 6.50. The number of pyridine rings is 1. The van der Waals surface area contributed by atoms with Crippen molar-refractivity contribution in [2.45, 2.75) is 13.0 Å². The molecule has 0 aliphatic rings. The molecule has 1 heterocycles. The van der Waals surface area contributed by atoms with Gasteiger partial charge in [0.2, 0.25) is 0 Å². The first kappa shape index (κ1) is 18.9. The van der Waals surface area contributed by atoms with Gasteiger partial charge in [-0.2, -0.15) is 0 Å². The van der Waals surface area contributed by atoms with Gasteiger partial charge in [-0.25, -0.2) is 14.2 Å². The first-order valence-electron chi connectivity index (χ1n) is 7.12. The Bertz CT molecular complexity index is 827. The largest absolute Gasteiger partial charge is 0.449 e. The minimum atomic E-state index is -1.11. The minimum Gasteiger partial charge on any atom is -0.449 e. The summed E-state index contributed by atoms with van der Waals surface area (Å²) in [6.07, 6.45) is 2.51. The average Bonchev–Trinajstić information content (AvgIpc) is 2.56. The highest BCUT2D eigenvalue weighted by molar-refractivity contribution is 6.36. The van der Waals surface area contributed by atoms with Crippen LogP contribution in [0.2, 0.25) is 10.0 Å². The molecule has 1 aromatic carbocycles. The van der Waals surface area contributed by atoms with Gasteiger partial charge >= 0.3 is 5.97 Å². The monoisotopic (exact) mass is 382 g/mol. The number of esters is 1. The van der Waals surface area contributed by atoms with Gasteiger partial charge in [-0.15, -0.1) is 0 Å². The topological polar surface area (TPSA) is 68.3 Å². The van der Waals surface area contributed by atoms with Crippen LogP contribution >= 0.6 is 23.2 Å². The van der Waals surface area contributed by atoms with Crippen LogP contribution in [-0.4, -0.2) is 23.0 Å². The van der Waals surface area contributed by atoms with Crippen LogP contribution in [0.25, 0.3) is 6.08 Å². The molecule has 0 bridgehead atoms. The SMILES string of the molecule is C[C@@H](OC(=O)/C=C/c1ccccc1F)C(=O)Nc1ncc(Cl)cc1Cl. The number of carbonyl (C=O) groups excluding carboxylic acids is 2. The lowest BCUT2D eigenvalue weighted by Crippen LogP contribution is -2.29. The van der Waals surface area contributed by atoms with E-state index in [-0.39, 0.29) is 16.4 Å². The number of aromatic nitrogens is 1. The number of ether oxygens (including phenoxy) is 1. The van der Waals surface area contributed by atoms with Gasteiger partial charge in [0.25, 0.3) is 5.91 Å². The Morgan fingerprint density at radius 1 is 1.32 bits per heavy atom. The third kappa shape index (κ3) is 5.55. The van der Waals surface area contributed by atoms with Gasteiger partial charge in [-0.1, -0.05) is 41.4 Å². The van der Waals surface area contributed by atoms with E-state index < -0.39 is 23.8 Å². The van der Waals surface area contributed by atoms with Crippen molar-refractivity contribution in [3.8, 4) is 0 Å². The molecule has 130 valence electrons. The van der Waals surface area contributed by atoms with E-state index in [1.165, 1.54) is 43.5 Å². The van der Waals surface area contributed by atoms with E-state index in [0.29, 0.717) is 5.02 Å². The molecule has 2 aromatic rings. The van der Waals surface area contributed by atoms with Gasteiger partial charge in [0.1, 0.15) is 5.82 Å². The summed E-state index contributed by atoms with van der Waals surface area (Å²) < 4.78 is 18.4. The summed E-state index contributed by atoms with van der Waals surface area (Å²) >= 11 is 11.6. The second-order valence-electron chi connectivity index (χ2n) is 4.91. The van der Waals surface area contributed by atoms with Crippen LogP contribution in [0.3, 0.4) is 0 Å². The highest BCUT2D eigenvalue weighted by Gasteiger charge is 2.18. The number of amides is 1. The second-order valence-corrected chi connectivity index (χ2v) is 5.75. The van der Waals surface area contributed by atoms with Crippen LogP contribution in [0.5, 0.6) is 0 Å². The number of nitrogens with one attached hydrogen (secondary N) is 1. The summed E-state index contributed by atoms with van der Waals surface area (Å²) in [5, 5.41) is 2.90. The predicted octanol–water partition coefficient (Wildman–Crippen LogP) is 4.11. The molecule has 0 saturated carbocycles. The van der Waals surface area contributed by atoms with Gasteiger partial charge in [0, 0.05) is 17.8 Å². The number of halogens is 3. The molecule has 0 aliphatic carbocycles. The van der Waals surface area contributed by atoms with E-state index in [1.807, 2.05) is 0 Å². The minimum absolute atomic E-state index is 0.0980. The van der Waals surface area contributed by atoms with Crippen molar-refractivity contribution in [3.63, 3.8) is 0 Å². The van der Waals surface area contributed by atoms with Gasteiger partial charge in [0.15, 0.2) is 11.9 Å². The molecular formula is C17H13Cl2FN2O3. The molecule has 0 fully saturated rings. The van der Waals surface area contributed by atoms with Crippen LogP contribution in [0.4, 0.5) is 10.2 Å². The zero-order valence-corrected chi connectivity index (χ0v) is 14.5. The van der Waals surface area contributed by atoms with Crippen molar-refractivity contribution >= 4 is 47.0 Å².